The van der Waals surface area contributed by atoms with Crippen molar-refractivity contribution in [2.75, 3.05) is 4.90 Å². The van der Waals surface area contributed by atoms with Gasteiger partial charge in [-0.3, -0.25) is 9.69 Å². The highest BCUT2D eigenvalue weighted by Crippen LogP contribution is 2.48. The zero-order valence-corrected chi connectivity index (χ0v) is 14.8. The molecular formula is C18H15F3N4O3. The number of rotatable bonds is 2. The molecule has 28 heavy (non-hydrogen) atoms. The van der Waals surface area contributed by atoms with Crippen LogP contribution in [-0.2, 0) is 11.7 Å². The second kappa shape index (κ2) is 5.68. The number of oxazole rings is 1. The zero-order valence-electron chi connectivity index (χ0n) is 14.8. The molecule has 2 aromatic heterocycles. The van der Waals surface area contributed by atoms with Gasteiger partial charge in [0.2, 0.25) is 11.6 Å². The molecule has 1 unspecified atom stereocenters. The first-order chi connectivity index (χ1) is 13.0. The molecule has 0 radical (unpaired) electrons. The molecule has 1 aliphatic heterocycles. The highest BCUT2D eigenvalue weighted by Gasteiger charge is 2.47. The van der Waals surface area contributed by atoms with Gasteiger partial charge in [0.25, 0.3) is 0 Å². The number of primary amides is 1. The average Bonchev–Trinajstić information content (AvgIpc) is 3.10. The first-order valence-corrected chi connectivity index (χ1v) is 8.27. The van der Waals surface area contributed by atoms with Gasteiger partial charge in [-0.05, 0) is 37.6 Å². The maximum Gasteiger partial charge on any atom is 0.433 e. The summed E-state index contributed by atoms with van der Waals surface area (Å²) in [7, 11) is 0. The Hall–Kier alpha value is -3.14. The smallest absolute Gasteiger partial charge is 0.422 e. The van der Waals surface area contributed by atoms with Crippen LogP contribution < -0.4 is 10.6 Å². The lowest BCUT2D eigenvalue weighted by Gasteiger charge is -2.32. The van der Waals surface area contributed by atoms with Crippen molar-refractivity contribution in [3.63, 3.8) is 0 Å². The van der Waals surface area contributed by atoms with Crippen molar-refractivity contribution in [1.82, 2.24) is 9.97 Å². The average molecular weight is 392 g/mol. The molecule has 3 heterocycles. The number of aliphatic hydroxyl groups excluding tert-OH is 1. The summed E-state index contributed by atoms with van der Waals surface area (Å²) in [4.78, 5) is 20.7. The van der Waals surface area contributed by atoms with Crippen molar-refractivity contribution in [3.8, 4) is 0 Å². The number of alkyl halides is 3. The van der Waals surface area contributed by atoms with Gasteiger partial charge in [0.15, 0.2) is 11.8 Å². The van der Waals surface area contributed by atoms with Crippen molar-refractivity contribution in [2.45, 2.75) is 31.8 Å². The van der Waals surface area contributed by atoms with E-state index in [0.717, 1.165) is 12.1 Å². The lowest BCUT2D eigenvalue weighted by atomic mass is 9.91. The number of aromatic nitrogens is 2. The maximum atomic E-state index is 12.9. The van der Waals surface area contributed by atoms with Gasteiger partial charge < -0.3 is 15.3 Å². The van der Waals surface area contributed by atoms with Crippen molar-refractivity contribution in [1.29, 1.82) is 0 Å². The van der Waals surface area contributed by atoms with Crippen LogP contribution in [0.2, 0.25) is 0 Å². The molecule has 4 rings (SSSR count). The van der Waals surface area contributed by atoms with E-state index in [1.165, 1.54) is 11.0 Å². The number of amides is 1. The molecule has 10 heteroatoms. The summed E-state index contributed by atoms with van der Waals surface area (Å²) < 4.78 is 44.2. The Kier molecular flexibility index (Phi) is 3.70. The highest BCUT2D eigenvalue weighted by atomic mass is 19.4. The number of pyridine rings is 1. The zero-order chi connectivity index (χ0) is 20.4. The number of hydrogen-bond donors (Lipinski definition) is 2. The summed E-state index contributed by atoms with van der Waals surface area (Å²) in [5.74, 6) is -0.706. The Morgan fingerprint density at radius 2 is 1.96 bits per heavy atom. The fourth-order valence-electron chi connectivity index (χ4n) is 3.57. The van der Waals surface area contributed by atoms with E-state index in [1.807, 2.05) is 0 Å². The molecule has 1 atom stereocenters. The van der Waals surface area contributed by atoms with E-state index in [0.29, 0.717) is 11.1 Å². The fourth-order valence-corrected chi connectivity index (χ4v) is 3.57. The lowest BCUT2D eigenvalue weighted by molar-refractivity contribution is -0.141. The molecule has 0 saturated heterocycles. The summed E-state index contributed by atoms with van der Waals surface area (Å²) in [5, 5.41) is 10.9. The van der Waals surface area contributed by atoms with E-state index in [2.05, 4.69) is 9.97 Å². The third-order valence-corrected chi connectivity index (χ3v) is 4.87. The number of aliphatic hydroxyl groups is 1. The predicted octanol–water partition coefficient (Wildman–Crippen LogP) is 3.09. The van der Waals surface area contributed by atoms with Crippen LogP contribution in [0.15, 0.2) is 34.7 Å². The molecule has 7 nitrogen and oxygen atoms in total. The van der Waals surface area contributed by atoms with E-state index in [-0.39, 0.29) is 22.8 Å². The van der Waals surface area contributed by atoms with Gasteiger partial charge in [-0.2, -0.15) is 18.2 Å². The minimum atomic E-state index is -4.62. The molecule has 1 aliphatic rings. The van der Waals surface area contributed by atoms with Crippen LogP contribution >= 0.6 is 0 Å². The number of halogens is 3. The van der Waals surface area contributed by atoms with Crippen LogP contribution in [-0.4, -0.2) is 21.0 Å². The van der Waals surface area contributed by atoms with Crippen molar-refractivity contribution in [3.05, 3.63) is 52.7 Å². The highest BCUT2D eigenvalue weighted by molar-refractivity contribution is 5.95. The first-order valence-electron chi connectivity index (χ1n) is 8.27. The number of carbonyl (C=O) groups excluding carboxylic acids is 1. The third kappa shape index (κ3) is 2.52. The second-order valence-corrected chi connectivity index (χ2v) is 6.95. The predicted molar refractivity (Wildman–Crippen MR) is 92.2 cm³/mol. The molecule has 0 spiro atoms. The number of anilines is 1. The van der Waals surface area contributed by atoms with E-state index in [9.17, 15) is 23.1 Å². The number of nitrogens with two attached hydrogens (primary N) is 1. The standard InChI is InChI=1S/C18H15F3N4O3/c1-17(2)9-5-3-4-8(13(22)26)12(9)15(27)25(17)16-24-14-10(28-16)6-7-11(23-14)18(19,20)21/h3-7,15,27H,1-2H3,(H2,22,26). The normalized spacial score (nSPS) is 18.5. The van der Waals surface area contributed by atoms with Gasteiger partial charge in [0, 0.05) is 11.1 Å². The van der Waals surface area contributed by atoms with Gasteiger partial charge in [-0.1, -0.05) is 12.1 Å². The number of benzene rings is 1. The monoisotopic (exact) mass is 392 g/mol. The molecule has 3 N–H and O–H groups in total. The Labute approximate surface area is 156 Å². The lowest BCUT2D eigenvalue weighted by Crippen LogP contribution is -2.38. The van der Waals surface area contributed by atoms with Crippen molar-refractivity contribution < 1.29 is 27.5 Å². The van der Waals surface area contributed by atoms with Crippen LogP contribution in [0.4, 0.5) is 19.2 Å². The minimum Gasteiger partial charge on any atom is -0.422 e. The van der Waals surface area contributed by atoms with Gasteiger partial charge >= 0.3 is 12.2 Å². The fraction of sp³-hybridized carbons (Fsp3) is 0.278. The summed E-state index contributed by atoms with van der Waals surface area (Å²) >= 11 is 0. The van der Waals surface area contributed by atoms with E-state index >= 15 is 0 Å². The first kappa shape index (κ1) is 18.2. The van der Waals surface area contributed by atoms with Gasteiger partial charge in [-0.25, -0.2) is 4.98 Å². The van der Waals surface area contributed by atoms with Crippen LogP contribution in [0.1, 0.15) is 47.3 Å². The van der Waals surface area contributed by atoms with Gasteiger partial charge in [0.05, 0.1) is 5.54 Å². The van der Waals surface area contributed by atoms with Crippen LogP contribution in [0, 0.1) is 0 Å². The number of nitrogens with zero attached hydrogens (tertiary/aromatic N) is 3. The van der Waals surface area contributed by atoms with Crippen LogP contribution in [0.3, 0.4) is 0 Å². The molecule has 0 aliphatic carbocycles. The summed E-state index contributed by atoms with van der Waals surface area (Å²) in [6.07, 6.45) is -5.95. The van der Waals surface area contributed by atoms with Crippen LogP contribution in [0.25, 0.3) is 11.2 Å². The maximum absolute atomic E-state index is 12.9. The number of fused-ring (bicyclic) bond motifs is 2. The number of hydrogen-bond acceptors (Lipinski definition) is 6. The van der Waals surface area contributed by atoms with Crippen molar-refractivity contribution in [2.24, 2.45) is 5.73 Å². The van der Waals surface area contributed by atoms with Crippen molar-refractivity contribution >= 4 is 23.2 Å². The van der Waals surface area contributed by atoms with Crippen LogP contribution in [0.5, 0.6) is 0 Å². The molecular weight excluding hydrogens is 377 g/mol. The summed E-state index contributed by atoms with van der Waals surface area (Å²) in [6.45, 7) is 3.52. The summed E-state index contributed by atoms with van der Waals surface area (Å²) in [5.41, 5.74) is 4.33. The second-order valence-electron chi connectivity index (χ2n) is 6.95. The van der Waals surface area contributed by atoms with Gasteiger partial charge in [-0.15, -0.1) is 0 Å². The molecule has 0 saturated carbocycles. The molecule has 146 valence electrons. The van der Waals surface area contributed by atoms with E-state index in [4.69, 9.17) is 10.2 Å². The number of carbonyl (C=O) groups is 1. The molecule has 3 aromatic rings. The Balaban J connectivity index is 1.85. The largest absolute Gasteiger partial charge is 0.433 e. The Bertz CT molecular complexity index is 1110. The minimum absolute atomic E-state index is 0.0390. The Morgan fingerprint density at radius 3 is 2.61 bits per heavy atom. The van der Waals surface area contributed by atoms with E-state index < -0.39 is 29.5 Å². The quantitative estimate of drug-likeness (QED) is 0.694. The third-order valence-electron chi connectivity index (χ3n) is 4.87. The van der Waals surface area contributed by atoms with E-state index in [1.54, 1.807) is 26.0 Å². The molecule has 0 fully saturated rings. The Morgan fingerprint density at radius 1 is 1.25 bits per heavy atom. The molecule has 1 aromatic carbocycles. The topological polar surface area (TPSA) is 105 Å². The SMILES string of the molecule is CC1(C)c2cccc(C(N)=O)c2C(O)N1c1nc2nc(C(F)(F)F)ccc2o1. The summed E-state index contributed by atoms with van der Waals surface area (Å²) in [6, 6.07) is 6.66. The van der Waals surface area contributed by atoms with Gasteiger partial charge in [0.1, 0.15) is 5.69 Å². The molecule has 1 amide bonds. The molecule has 0 bridgehead atoms.